The van der Waals surface area contributed by atoms with Crippen LogP contribution in [0.5, 0.6) is 0 Å². The van der Waals surface area contributed by atoms with Gasteiger partial charge in [0.15, 0.2) is 0 Å². The topological polar surface area (TPSA) is 24.9 Å². The summed E-state index contributed by atoms with van der Waals surface area (Å²) in [7, 11) is 1.94. The zero-order valence-corrected chi connectivity index (χ0v) is 9.84. The van der Waals surface area contributed by atoms with Crippen LogP contribution in [0.1, 0.15) is 26.5 Å². The van der Waals surface area contributed by atoms with Crippen molar-refractivity contribution < 1.29 is 4.39 Å². The minimum absolute atomic E-state index is 0.171. The van der Waals surface area contributed by atoms with Crippen molar-refractivity contribution in [2.75, 3.05) is 7.05 Å². The van der Waals surface area contributed by atoms with Crippen molar-refractivity contribution >= 4 is 0 Å². The first kappa shape index (κ1) is 12.1. The van der Waals surface area contributed by atoms with E-state index in [4.69, 9.17) is 0 Å². The molecule has 0 aliphatic carbocycles. The Hall–Kier alpha value is -0.960. The van der Waals surface area contributed by atoms with Gasteiger partial charge in [-0.3, -0.25) is 4.98 Å². The highest BCUT2D eigenvalue weighted by atomic mass is 19.1. The summed E-state index contributed by atoms with van der Waals surface area (Å²) in [5.74, 6) is -0.282. The van der Waals surface area contributed by atoms with Crippen LogP contribution in [0.4, 0.5) is 4.39 Å². The third-order valence-corrected chi connectivity index (χ3v) is 2.60. The van der Waals surface area contributed by atoms with E-state index in [1.807, 2.05) is 7.05 Å². The first-order valence-corrected chi connectivity index (χ1v) is 5.21. The molecular weight excluding hydrogens is 191 g/mol. The van der Waals surface area contributed by atoms with Gasteiger partial charge in [-0.1, -0.05) is 20.8 Å². The molecule has 2 nitrogen and oxygen atoms in total. The minimum atomic E-state index is -0.282. The maximum absolute atomic E-state index is 12.7. The first-order valence-electron chi connectivity index (χ1n) is 5.21. The summed E-state index contributed by atoms with van der Waals surface area (Å²) in [6, 6.07) is 3.54. The molecule has 0 aliphatic rings. The molecule has 1 unspecified atom stereocenters. The molecule has 1 heterocycles. The molecule has 1 rings (SSSR count). The molecule has 0 amide bonds. The standard InChI is InChI=1S/C12H19FN2/c1-12(2,3)11(14-4)7-10-6-5-9(13)8-15-10/h5-6,8,11,14H,7H2,1-4H3. The van der Waals surface area contributed by atoms with Gasteiger partial charge in [-0.25, -0.2) is 4.39 Å². The Morgan fingerprint density at radius 2 is 2.07 bits per heavy atom. The van der Waals surface area contributed by atoms with Crippen LogP contribution in [0.15, 0.2) is 18.3 Å². The van der Waals surface area contributed by atoms with Gasteiger partial charge in [0.2, 0.25) is 0 Å². The Morgan fingerprint density at radius 1 is 1.40 bits per heavy atom. The molecular formula is C12H19FN2. The van der Waals surface area contributed by atoms with Crippen LogP contribution in [-0.4, -0.2) is 18.1 Å². The molecule has 0 spiro atoms. The molecule has 1 aromatic rings. The van der Waals surface area contributed by atoms with Crippen LogP contribution < -0.4 is 5.32 Å². The van der Waals surface area contributed by atoms with Gasteiger partial charge < -0.3 is 5.32 Å². The van der Waals surface area contributed by atoms with Crippen LogP contribution in [-0.2, 0) is 6.42 Å². The van der Waals surface area contributed by atoms with E-state index in [9.17, 15) is 4.39 Å². The Morgan fingerprint density at radius 3 is 2.47 bits per heavy atom. The van der Waals surface area contributed by atoms with Gasteiger partial charge in [0.1, 0.15) is 5.82 Å². The highest BCUT2D eigenvalue weighted by Crippen LogP contribution is 2.21. The Balaban J connectivity index is 2.71. The normalized spacial score (nSPS) is 13.9. The average molecular weight is 210 g/mol. The van der Waals surface area contributed by atoms with Gasteiger partial charge in [0.05, 0.1) is 6.20 Å². The molecule has 15 heavy (non-hydrogen) atoms. The zero-order chi connectivity index (χ0) is 11.5. The summed E-state index contributed by atoms with van der Waals surface area (Å²) in [6.45, 7) is 6.53. The lowest BCUT2D eigenvalue weighted by molar-refractivity contribution is 0.278. The largest absolute Gasteiger partial charge is 0.316 e. The third-order valence-electron chi connectivity index (χ3n) is 2.60. The molecule has 1 N–H and O–H groups in total. The Labute approximate surface area is 90.9 Å². The van der Waals surface area contributed by atoms with Crippen molar-refractivity contribution in [3.63, 3.8) is 0 Å². The molecule has 1 aromatic heterocycles. The summed E-state index contributed by atoms with van der Waals surface area (Å²) in [5.41, 5.74) is 1.09. The second-order valence-corrected chi connectivity index (χ2v) is 4.88. The van der Waals surface area contributed by atoms with E-state index in [1.54, 1.807) is 6.07 Å². The maximum atomic E-state index is 12.7. The van der Waals surface area contributed by atoms with E-state index in [0.29, 0.717) is 6.04 Å². The number of hydrogen-bond donors (Lipinski definition) is 1. The fraction of sp³-hybridized carbons (Fsp3) is 0.583. The van der Waals surface area contributed by atoms with Gasteiger partial charge in [-0.2, -0.15) is 0 Å². The van der Waals surface area contributed by atoms with Crippen LogP contribution in [0, 0.1) is 11.2 Å². The lowest BCUT2D eigenvalue weighted by atomic mass is 9.84. The molecule has 0 saturated heterocycles. The van der Waals surface area contributed by atoms with E-state index < -0.39 is 0 Å². The molecule has 0 saturated carbocycles. The summed E-state index contributed by atoms with van der Waals surface area (Å²) in [4.78, 5) is 4.06. The van der Waals surface area contributed by atoms with Crippen LogP contribution in [0.3, 0.4) is 0 Å². The molecule has 0 aromatic carbocycles. The summed E-state index contributed by atoms with van der Waals surface area (Å²) in [5, 5.41) is 3.27. The van der Waals surface area contributed by atoms with E-state index in [2.05, 4.69) is 31.1 Å². The van der Waals surface area contributed by atoms with Crippen molar-refractivity contribution in [2.45, 2.75) is 33.2 Å². The lowest BCUT2D eigenvalue weighted by Gasteiger charge is -2.30. The van der Waals surface area contributed by atoms with Gasteiger partial charge in [-0.05, 0) is 24.6 Å². The number of hydrogen-bond acceptors (Lipinski definition) is 2. The second-order valence-electron chi connectivity index (χ2n) is 4.88. The van der Waals surface area contributed by atoms with E-state index >= 15 is 0 Å². The molecule has 1 atom stereocenters. The van der Waals surface area contributed by atoms with Crippen molar-refractivity contribution in [1.29, 1.82) is 0 Å². The van der Waals surface area contributed by atoms with E-state index in [0.717, 1.165) is 12.1 Å². The number of halogens is 1. The highest BCUT2D eigenvalue weighted by molar-refractivity contribution is 5.07. The van der Waals surface area contributed by atoms with Crippen LogP contribution in [0.2, 0.25) is 0 Å². The molecule has 0 bridgehead atoms. The molecule has 3 heteroatoms. The second kappa shape index (κ2) is 4.71. The summed E-state index contributed by atoms with van der Waals surface area (Å²) in [6.07, 6.45) is 2.09. The highest BCUT2D eigenvalue weighted by Gasteiger charge is 2.23. The average Bonchev–Trinajstić information content (AvgIpc) is 2.15. The first-order chi connectivity index (χ1) is 6.93. The SMILES string of the molecule is CNC(Cc1ccc(F)cn1)C(C)(C)C. The van der Waals surface area contributed by atoms with Gasteiger partial charge in [0.25, 0.3) is 0 Å². The summed E-state index contributed by atoms with van der Waals surface area (Å²) < 4.78 is 12.7. The molecule has 0 aliphatic heterocycles. The fourth-order valence-electron chi connectivity index (χ4n) is 1.58. The quantitative estimate of drug-likeness (QED) is 0.828. The third kappa shape index (κ3) is 3.59. The molecule has 0 fully saturated rings. The number of rotatable bonds is 3. The van der Waals surface area contributed by atoms with Crippen molar-refractivity contribution in [2.24, 2.45) is 5.41 Å². The Bertz CT molecular complexity index is 300. The van der Waals surface area contributed by atoms with E-state index in [-0.39, 0.29) is 11.2 Å². The van der Waals surface area contributed by atoms with Crippen LogP contribution in [0.25, 0.3) is 0 Å². The maximum Gasteiger partial charge on any atom is 0.141 e. The zero-order valence-electron chi connectivity index (χ0n) is 9.84. The van der Waals surface area contributed by atoms with Crippen molar-refractivity contribution in [1.82, 2.24) is 10.3 Å². The predicted molar refractivity (Wildman–Crippen MR) is 60.2 cm³/mol. The number of aromatic nitrogens is 1. The van der Waals surface area contributed by atoms with Crippen molar-refractivity contribution in [3.05, 3.63) is 29.8 Å². The lowest BCUT2D eigenvalue weighted by Crippen LogP contribution is -2.39. The van der Waals surface area contributed by atoms with Gasteiger partial charge in [0, 0.05) is 18.2 Å². The fourth-order valence-corrected chi connectivity index (χ4v) is 1.58. The number of nitrogens with one attached hydrogen (secondary N) is 1. The number of nitrogens with zero attached hydrogens (tertiary/aromatic N) is 1. The molecule has 0 radical (unpaired) electrons. The Kier molecular flexibility index (Phi) is 3.80. The smallest absolute Gasteiger partial charge is 0.141 e. The minimum Gasteiger partial charge on any atom is -0.316 e. The predicted octanol–water partition coefficient (Wildman–Crippen LogP) is 2.40. The van der Waals surface area contributed by atoms with Crippen LogP contribution >= 0.6 is 0 Å². The number of likely N-dealkylation sites (N-methyl/N-ethyl adjacent to an activating group) is 1. The van der Waals surface area contributed by atoms with Gasteiger partial charge >= 0.3 is 0 Å². The number of pyridine rings is 1. The van der Waals surface area contributed by atoms with Gasteiger partial charge in [-0.15, -0.1) is 0 Å². The van der Waals surface area contributed by atoms with E-state index in [1.165, 1.54) is 12.3 Å². The van der Waals surface area contributed by atoms with Crippen molar-refractivity contribution in [3.8, 4) is 0 Å². The molecule has 84 valence electrons. The summed E-state index contributed by atoms with van der Waals surface area (Å²) >= 11 is 0. The monoisotopic (exact) mass is 210 g/mol.